The molecule has 0 atom stereocenters. The second-order valence-electron chi connectivity index (χ2n) is 6.92. The summed E-state index contributed by atoms with van der Waals surface area (Å²) < 4.78 is 0. The van der Waals surface area contributed by atoms with Crippen LogP contribution in [0.3, 0.4) is 0 Å². The van der Waals surface area contributed by atoms with Gasteiger partial charge >= 0.3 is 0 Å². The van der Waals surface area contributed by atoms with Crippen molar-refractivity contribution in [2.45, 2.75) is 32.7 Å². The Kier molecular flexibility index (Phi) is 5.70. The summed E-state index contributed by atoms with van der Waals surface area (Å²) >= 11 is 3.08. The minimum atomic E-state index is -0.0800. The first kappa shape index (κ1) is 19.0. The van der Waals surface area contributed by atoms with Crippen LogP contribution in [0.4, 0.5) is 16.0 Å². The Morgan fingerprint density at radius 2 is 2.04 bits per heavy atom. The summed E-state index contributed by atoms with van der Waals surface area (Å²) in [6, 6.07) is 8.31. The van der Waals surface area contributed by atoms with Gasteiger partial charge in [0, 0.05) is 35.5 Å². The van der Waals surface area contributed by atoms with E-state index in [1.807, 2.05) is 17.5 Å². The maximum Gasteiger partial charge on any atom is 0.232 e. The number of hydrogen-bond donors (Lipinski definition) is 2. The van der Waals surface area contributed by atoms with Gasteiger partial charge in [-0.1, -0.05) is 19.1 Å². The molecule has 0 radical (unpaired) electrons. The van der Waals surface area contributed by atoms with Gasteiger partial charge in [-0.2, -0.15) is 0 Å². The molecule has 0 aliphatic carbocycles. The lowest BCUT2D eigenvalue weighted by Gasteiger charge is -2.20. The number of carbonyl (C=O) groups excluding carboxylic acids is 1. The zero-order chi connectivity index (χ0) is 19.5. The molecule has 0 spiro atoms. The lowest BCUT2D eigenvalue weighted by molar-refractivity contribution is -0.115. The second kappa shape index (κ2) is 8.38. The number of rotatable bonds is 6. The van der Waals surface area contributed by atoms with Gasteiger partial charge in [-0.15, -0.1) is 22.7 Å². The molecule has 4 rings (SSSR count). The first-order valence-electron chi connectivity index (χ1n) is 9.36. The number of fused-ring (bicyclic) bond motifs is 1. The van der Waals surface area contributed by atoms with E-state index in [0.717, 1.165) is 48.1 Å². The molecule has 0 saturated carbocycles. The van der Waals surface area contributed by atoms with E-state index in [4.69, 9.17) is 0 Å². The zero-order valence-electron chi connectivity index (χ0n) is 16.0. The predicted molar refractivity (Wildman–Crippen MR) is 116 cm³/mol. The summed E-state index contributed by atoms with van der Waals surface area (Å²) in [5.74, 6) is -0.0800. The van der Waals surface area contributed by atoms with Crippen molar-refractivity contribution in [2.24, 2.45) is 0 Å². The summed E-state index contributed by atoms with van der Waals surface area (Å²) in [5.41, 5.74) is 4.18. The molecule has 6 nitrogen and oxygen atoms in total. The Morgan fingerprint density at radius 3 is 2.82 bits per heavy atom. The quantitative estimate of drug-likeness (QED) is 0.637. The molecule has 0 unspecified atom stereocenters. The van der Waals surface area contributed by atoms with Crippen LogP contribution in [0, 0.1) is 0 Å². The number of benzene rings is 1. The average molecular weight is 414 g/mol. The Bertz CT molecular complexity index is 963. The molecule has 2 N–H and O–H groups in total. The lowest BCUT2D eigenvalue weighted by Crippen LogP contribution is -2.25. The van der Waals surface area contributed by atoms with Crippen LogP contribution in [0.1, 0.15) is 28.8 Å². The second-order valence-corrected chi connectivity index (χ2v) is 8.86. The first-order valence-corrected chi connectivity index (χ1v) is 11.1. The van der Waals surface area contributed by atoms with E-state index < -0.39 is 0 Å². The number of thiazole rings is 2. The molecule has 3 aromatic rings. The average Bonchev–Trinajstić information content (AvgIpc) is 3.28. The number of aryl methyl sites for hydroxylation is 1. The van der Waals surface area contributed by atoms with Gasteiger partial charge in [0.2, 0.25) is 5.91 Å². The Labute approximate surface area is 172 Å². The van der Waals surface area contributed by atoms with Crippen LogP contribution in [-0.2, 0) is 30.6 Å². The van der Waals surface area contributed by atoms with E-state index in [0.29, 0.717) is 5.13 Å². The predicted octanol–water partition coefficient (Wildman–Crippen LogP) is 4.07. The number of amides is 1. The number of likely N-dealkylation sites (N-methyl/N-ethyl adjacent to an activating group) is 1. The summed E-state index contributed by atoms with van der Waals surface area (Å²) in [4.78, 5) is 25.0. The SMILES string of the molecule is CCc1ccc(Nc2nc(CC(=O)Nc3nc4c(s3)CN(C)CC4)cs2)cc1. The van der Waals surface area contributed by atoms with Crippen LogP contribution in [0.25, 0.3) is 0 Å². The maximum absolute atomic E-state index is 12.4. The maximum atomic E-state index is 12.4. The van der Waals surface area contributed by atoms with E-state index in [1.54, 1.807) is 11.3 Å². The van der Waals surface area contributed by atoms with Crippen molar-refractivity contribution < 1.29 is 4.79 Å². The van der Waals surface area contributed by atoms with Crippen LogP contribution in [0.5, 0.6) is 0 Å². The standard InChI is InChI=1S/C20H23N5OS2/c1-3-13-4-6-14(7-5-13)21-19-22-15(12-27-19)10-18(26)24-20-23-16-8-9-25(2)11-17(16)28-20/h4-7,12H,3,8-11H2,1-2H3,(H,21,22)(H,23,24,26). The Hall–Kier alpha value is -2.29. The number of nitrogens with zero attached hydrogens (tertiary/aromatic N) is 3. The third-order valence-corrected chi connectivity index (χ3v) is 6.48. The van der Waals surface area contributed by atoms with Crippen molar-refractivity contribution in [3.05, 3.63) is 51.5 Å². The van der Waals surface area contributed by atoms with Gasteiger partial charge in [0.15, 0.2) is 10.3 Å². The molecular formula is C20H23N5OS2. The molecular weight excluding hydrogens is 390 g/mol. The van der Waals surface area contributed by atoms with Crippen molar-refractivity contribution >= 4 is 44.5 Å². The molecule has 1 aromatic carbocycles. The van der Waals surface area contributed by atoms with Crippen LogP contribution < -0.4 is 10.6 Å². The normalized spacial score (nSPS) is 13.9. The highest BCUT2D eigenvalue weighted by atomic mass is 32.1. The molecule has 1 aliphatic heterocycles. The molecule has 0 bridgehead atoms. The first-order chi connectivity index (χ1) is 13.6. The number of hydrogen-bond acceptors (Lipinski definition) is 7. The van der Waals surface area contributed by atoms with Crippen LogP contribution in [-0.4, -0.2) is 34.4 Å². The highest BCUT2D eigenvalue weighted by Gasteiger charge is 2.19. The van der Waals surface area contributed by atoms with Gasteiger partial charge in [0.05, 0.1) is 17.8 Å². The molecule has 3 heterocycles. The van der Waals surface area contributed by atoms with E-state index in [-0.39, 0.29) is 12.3 Å². The van der Waals surface area contributed by atoms with E-state index in [9.17, 15) is 4.79 Å². The number of aromatic nitrogens is 2. The largest absolute Gasteiger partial charge is 0.332 e. The molecule has 2 aromatic heterocycles. The molecule has 0 fully saturated rings. The number of nitrogens with one attached hydrogen (secondary N) is 2. The molecule has 1 amide bonds. The number of anilines is 3. The van der Waals surface area contributed by atoms with Gasteiger partial charge in [-0.3, -0.25) is 4.79 Å². The fourth-order valence-electron chi connectivity index (χ4n) is 3.10. The fourth-order valence-corrected chi connectivity index (χ4v) is 4.93. The number of carbonyl (C=O) groups is 1. The van der Waals surface area contributed by atoms with Gasteiger partial charge in [-0.25, -0.2) is 9.97 Å². The highest BCUT2D eigenvalue weighted by Crippen LogP contribution is 2.28. The molecule has 8 heteroatoms. The third-order valence-electron chi connectivity index (χ3n) is 4.68. The smallest absolute Gasteiger partial charge is 0.232 e. The summed E-state index contributed by atoms with van der Waals surface area (Å²) in [7, 11) is 2.10. The molecule has 28 heavy (non-hydrogen) atoms. The topological polar surface area (TPSA) is 70.1 Å². The highest BCUT2D eigenvalue weighted by molar-refractivity contribution is 7.16. The van der Waals surface area contributed by atoms with Crippen molar-refractivity contribution in [1.29, 1.82) is 0 Å². The van der Waals surface area contributed by atoms with Gasteiger partial charge in [-0.05, 0) is 31.2 Å². The van der Waals surface area contributed by atoms with Gasteiger partial charge < -0.3 is 15.5 Å². The Balaban J connectivity index is 1.33. The van der Waals surface area contributed by atoms with Crippen LogP contribution >= 0.6 is 22.7 Å². The van der Waals surface area contributed by atoms with Crippen LogP contribution in [0.2, 0.25) is 0 Å². The Morgan fingerprint density at radius 1 is 1.21 bits per heavy atom. The van der Waals surface area contributed by atoms with Crippen molar-refractivity contribution in [1.82, 2.24) is 14.9 Å². The molecule has 146 valence electrons. The van der Waals surface area contributed by atoms with Gasteiger partial charge in [0.25, 0.3) is 0 Å². The van der Waals surface area contributed by atoms with Gasteiger partial charge in [0.1, 0.15) is 0 Å². The molecule has 1 aliphatic rings. The van der Waals surface area contributed by atoms with E-state index in [1.165, 1.54) is 21.8 Å². The summed E-state index contributed by atoms with van der Waals surface area (Å²) in [5, 5.41) is 9.63. The van der Waals surface area contributed by atoms with Crippen molar-refractivity contribution in [2.75, 3.05) is 24.2 Å². The van der Waals surface area contributed by atoms with E-state index in [2.05, 4.69) is 51.6 Å². The minimum Gasteiger partial charge on any atom is -0.332 e. The zero-order valence-corrected chi connectivity index (χ0v) is 17.6. The minimum absolute atomic E-state index is 0.0800. The lowest BCUT2D eigenvalue weighted by atomic mass is 10.1. The van der Waals surface area contributed by atoms with E-state index >= 15 is 0 Å². The molecule has 0 saturated heterocycles. The van der Waals surface area contributed by atoms with Crippen LogP contribution in [0.15, 0.2) is 29.6 Å². The monoisotopic (exact) mass is 413 g/mol. The van der Waals surface area contributed by atoms with Crippen molar-refractivity contribution in [3.63, 3.8) is 0 Å². The third kappa shape index (κ3) is 4.57. The van der Waals surface area contributed by atoms with Crippen molar-refractivity contribution in [3.8, 4) is 0 Å². The fraction of sp³-hybridized carbons (Fsp3) is 0.350. The summed E-state index contributed by atoms with van der Waals surface area (Å²) in [6.45, 7) is 4.06. The summed E-state index contributed by atoms with van der Waals surface area (Å²) in [6.07, 6.45) is 2.21.